The van der Waals surface area contributed by atoms with Crippen molar-refractivity contribution in [2.75, 3.05) is 32.7 Å². The third-order valence-electron chi connectivity index (χ3n) is 5.04. The highest BCUT2D eigenvalue weighted by Crippen LogP contribution is 2.49. The molecule has 0 radical (unpaired) electrons. The molecule has 1 aromatic rings. The van der Waals surface area contributed by atoms with Gasteiger partial charge in [0.25, 0.3) is 0 Å². The van der Waals surface area contributed by atoms with Crippen LogP contribution in [0.15, 0.2) is 24.3 Å². The number of benzene rings is 1. The average molecular weight is 320 g/mol. The number of aliphatic hydroxyl groups excluding tert-OH is 1. The number of β-amino-alcohol motifs (C(OH)–C–C–N with tert-alkyl or cyclic N) is 1. The van der Waals surface area contributed by atoms with Crippen molar-refractivity contribution in [1.29, 1.82) is 0 Å². The van der Waals surface area contributed by atoms with E-state index in [1.165, 1.54) is 6.07 Å². The van der Waals surface area contributed by atoms with Gasteiger partial charge in [0.1, 0.15) is 5.82 Å². The van der Waals surface area contributed by atoms with Gasteiger partial charge in [0.15, 0.2) is 0 Å². The average Bonchev–Trinajstić information content (AvgIpc) is 3.35. The number of nitrogens with zero attached hydrogens (tertiary/aromatic N) is 2. The molecule has 0 unspecified atom stereocenters. The van der Waals surface area contributed by atoms with E-state index in [4.69, 9.17) is 0 Å². The summed E-state index contributed by atoms with van der Waals surface area (Å²) in [6.45, 7) is 5.67. The van der Waals surface area contributed by atoms with Gasteiger partial charge in [-0.15, -0.1) is 0 Å². The zero-order chi connectivity index (χ0) is 16.4. The first-order valence-corrected chi connectivity index (χ1v) is 8.53. The quantitative estimate of drug-likeness (QED) is 0.900. The van der Waals surface area contributed by atoms with E-state index in [2.05, 4.69) is 4.90 Å². The molecule has 1 saturated heterocycles. The molecule has 126 valence electrons. The monoisotopic (exact) mass is 320 g/mol. The van der Waals surface area contributed by atoms with Gasteiger partial charge in [-0.1, -0.05) is 25.1 Å². The number of carbonyl (C=O) groups is 1. The molecule has 1 N–H and O–H groups in total. The van der Waals surface area contributed by atoms with Crippen molar-refractivity contribution in [1.82, 2.24) is 9.80 Å². The number of amides is 1. The molecule has 1 aliphatic carbocycles. The van der Waals surface area contributed by atoms with Gasteiger partial charge in [0.05, 0.1) is 6.10 Å². The Morgan fingerprint density at radius 2 is 2.00 bits per heavy atom. The van der Waals surface area contributed by atoms with Crippen LogP contribution in [0, 0.1) is 11.7 Å². The molecule has 0 aromatic heterocycles. The second-order valence-electron chi connectivity index (χ2n) is 6.66. The highest BCUT2D eigenvalue weighted by Gasteiger charge is 2.47. The lowest BCUT2D eigenvalue weighted by atomic mass is 10.1. The van der Waals surface area contributed by atoms with Crippen LogP contribution in [0.1, 0.15) is 31.2 Å². The third-order valence-corrected chi connectivity index (χ3v) is 5.04. The molecule has 0 bridgehead atoms. The van der Waals surface area contributed by atoms with E-state index < -0.39 is 0 Å². The third kappa shape index (κ3) is 3.72. The van der Waals surface area contributed by atoms with E-state index in [9.17, 15) is 14.3 Å². The topological polar surface area (TPSA) is 43.8 Å². The summed E-state index contributed by atoms with van der Waals surface area (Å²) in [7, 11) is 0. The van der Waals surface area contributed by atoms with E-state index >= 15 is 0 Å². The Labute approximate surface area is 136 Å². The fourth-order valence-electron chi connectivity index (χ4n) is 3.40. The first-order valence-electron chi connectivity index (χ1n) is 8.53. The van der Waals surface area contributed by atoms with Gasteiger partial charge >= 0.3 is 0 Å². The largest absolute Gasteiger partial charge is 0.392 e. The predicted octanol–water partition coefficient (Wildman–Crippen LogP) is 1.84. The van der Waals surface area contributed by atoms with Crippen molar-refractivity contribution in [2.45, 2.75) is 31.8 Å². The number of halogens is 1. The predicted molar refractivity (Wildman–Crippen MR) is 86.6 cm³/mol. The Bertz CT molecular complexity index is 558. The first-order chi connectivity index (χ1) is 11.1. The molecule has 2 fully saturated rings. The maximum Gasteiger partial charge on any atom is 0.226 e. The standard InChI is InChI=1S/C18H25FN2O2/c1-2-13(22)12-20-7-9-21(10-8-20)18(23)16-11-15(16)14-5-3-4-6-17(14)19/h3-6,13,15-16,22H,2,7-12H2,1H3/t13-,15+,16-/m0/s1. The van der Waals surface area contributed by atoms with Crippen LogP contribution in [0.25, 0.3) is 0 Å². The van der Waals surface area contributed by atoms with Crippen molar-refractivity contribution < 1.29 is 14.3 Å². The van der Waals surface area contributed by atoms with Gasteiger partial charge in [0, 0.05) is 38.6 Å². The summed E-state index contributed by atoms with van der Waals surface area (Å²) in [5, 5.41) is 9.71. The van der Waals surface area contributed by atoms with Crippen molar-refractivity contribution in [3.8, 4) is 0 Å². The van der Waals surface area contributed by atoms with E-state index in [0.29, 0.717) is 25.2 Å². The SMILES string of the molecule is CC[C@H](O)CN1CCN(C(=O)[C@H]2C[C@@H]2c2ccccc2F)CC1. The molecule has 0 spiro atoms. The van der Waals surface area contributed by atoms with Crippen LogP contribution in [0.3, 0.4) is 0 Å². The molecule has 1 amide bonds. The van der Waals surface area contributed by atoms with E-state index in [1.54, 1.807) is 12.1 Å². The summed E-state index contributed by atoms with van der Waals surface area (Å²) in [5.41, 5.74) is 0.676. The van der Waals surface area contributed by atoms with E-state index in [1.807, 2.05) is 17.9 Å². The molecule has 3 atom stereocenters. The molecule has 1 heterocycles. The normalized spacial score (nSPS) is 26.1. The molecule has 1 aliphatic heterocycles. The van der Waals surface area contributed by atoms with Crippen LogP contribution in [-0.2, 0) is 4.79 Å². The van der Waals surface area contributed by atoms with Crippen LogP contribution < -0.4 is 0 Å². The molecule has 3 rings (SSSR count). The minimum Gasteiger partial charge on any atom is -0.392 e. The highest BCUT2D eigenvalue weighted by atomic mass is 19.1. The fraction of sp³-hybridized carbons (Fsp3) is 0.611. The van der Waals surface area contributed by atoms with Crippen molar-refractivity contribution in [3.05, 3.63) is 35.6 Å². The number of rotatable bonds is 5. The summed E-state index contributed by atoms with van der Waals surface area (Å²) in [6, 6.07) is 6.77. The molecule has 2 aliphatic rings. The number of carbonyl (C=O) groups excluding carboxylic acids is 1. The van der Waals surface area contributed by atoms with Gasteiger partial charge in [-0.3, -0.25) is 9.69 Å². The summed E-state index contributed by atoms with van der Waals surface area (Å²) in [5.74, 6) is -0.0524. The van der Waals surface area contributed by atoms with Gasteiger partial charge in [-0.25, -0.2) is 4.39 Å². The van der Waals surface area contributed by atoms with Crippen LogP contribution in [0.4, 0.5) is 4.39 Å². The molecule has 1 saturated carbocycles. The Morgan fingerprint density at radius 3 is 2.65 bits per heavy atom. The second-order valence-corrected chi connectivity index (χ2v) is 6.66. The Hall–Kier alpha value is -1.46. The highest BCUT2D eigenvalue weighted by molar-refractivity contribution is 5.83. The maximum absolute atomic E-state index is 13.8. The lowest BCUT2D eigenvalue weighted by molar-refractivity contribution is -0.134. The summed E-state index contributed by atoms with van der Waals surface area (Å²) in [4.78, 5) is 16.7. The van der Waals surface area contributed by atoms with Crippen molar-refractivity contribution >= 4 is 5.91 Å². The molecule has 4 nitrogen and oxygen atoms in total. The van der Waals surface area contributed by atoms with Gasteiger partial charge in [-0.2, -0.15) is 0 Å². The van der Waals surface area contributed by atoms with Crippen molar-refractivity contribution in [2.24, 2.45) is 5.92 Å². The summed E-state index contributed by atoms with van der Waals surface area (Å²) < 4.78 is 13.8. The van der Waals surface area contributed by atoms with E-state index in [0.717, 1.165) is 25.9 Å². The lowest BCUT2D eigenvalue weighted by Crippen LogP contribution is -2.50. The molecule has 5 heteroatoms. The first kappa shape index (κ1) is 16.4. The number of hydrogen-bond donors (Lipinski definition) is 1. The zero-order valence-corrected chi connectivity index (χ0v) is 13.6. The number of hydrogen-bond acceptors (Lipinski definition) is 3. The van der Waals surface area contributed by atoms with Crippen LogP contribution in [0.5, 0.6) is 0 Å². The fourth-order valence-corrected chi connectivity index (χ4v) is 3.40. The summed E-state index contributed by atoms with van der Waals surface area (Å²) in [6.07, 6.45) is 1.23. The van der Waals surface area contributed by atoms with E-state index in [-0.39, 0.29) is 29.7 Å². The van der Waals surface area contributed by atoms with Crippen molar-refractivity contribution in [3.63, 3.8) is 0 Å². The second kappa shape index (κ2) is 6.97. The Balaban J connectivity index is 1.50. The minimum absolute atomic E-state index is 0.0450. The number of aliphatic hydroxyl groups is 1. The van der Waals surface area contributed by atoms with Crippen LogP contribution in [0.2, 0.25) is 0 Å². The lowest BCUT2D eigenvalue weighted by Gasteiger charge is -2.35. The maximum atomic E-state index is 13.8. The number of piperazine rings is 1. The van der Waals surface area contributed by atoms with Gasteiger partial charge < -0.3 is 10.0 Å². The molecular formula is C18H25FN2O2. The molecular weight excluding hydrogens is 295 g/mol. The Morgan fingerprint density at radius 1 is 1.30 bits per heavy atom. The smallest absolute Gasteiger partial charge is 0.226 e. The minimum atomic E-state index is -0.286. The molecule has 23 heavy (non-hydrogen) atoms. The van der Waals surface area contributed by atoms with Gasteiger partial charge in [-0.05, 0) is 30.4 Å². The van der Waals surface area contributed by atoms with Crippen LogP contribution >= 0.6 is 0 Å². The zero-order valence-electron chi connectivity index (χ0n) is 13.6. The van der Waals surface area contributed by atoms with Gasteiger partial charge in [0.2, 0.25) is 5.91 Å². The van der Waals surface area contributed by atoms with Crippen LogP contribution in [-0.4, -0.2) is 59.6 Å². The summed E-state index contributed by atoms with van der Waals surface area (Å²) >= 11 is 0. The Kier molecular flexibility index (Phi) is 4.97. The molecule has 1 aromatic carbocycles.